The molecule has 0 fully saturated rings. The molecule has 0 aliphatic carbocycles. The summed E-state index contributed by atoms with van der Waals surface area (Å²) < 4.78 is 5.83. The maximum Gasteiger partial charge on any atom is 0.228 e. The van der Waals surface area contributed by atoms with Gasteiger partial charge in [-0.25, -0.2) is 0 Å². The van der Waals surface area contributed by atoms with Gasteiger partial charge in [0.25, 0.3) is 0 Å². The van der Waals surface area contributed by atoms with Gasteiger partial charge in [0.15, 0.2) is 0 Å². The second kappa shape index (κ2) is 7.87. The van der Waals surface area contributed by atoms with E-state index in [1.165, 1.54) is 11.1 Å². The molecule has 26 heavy (non-hydrogen) atoms. The Kier molecular flexibility index (Phi) is 5.37. The van der Waals surface area contributed by atoms with Crippen LogP contribution in [-0.2, 0) is 11.2 Å². The van der Waals surface area contributed by atoms with Crippen molar-refractivity contribution in [3.63, 3.8) is 0 Å². The highest BCUT2D eigenvalue weighted by atomic mass is 16.5. The Bertz CT molecular complexity index is 914. The number of rotatable bonds is 5. The SMILES string of the molecule is Cc1cccc(Oc2ccc(NC(=O)Cc3ccc(C)c(C)c3)cc2)c1. The lowest BCUT2D eigenvalue weighted by atomic mass is 10.0. The van der Waals surface area contributed by atoms with Crippen LogP contribution in [0.5, 0.6) is 11.5 Å². The van der Waals surface area contributed by atoms with E-state index in [4.69, 9.17) is 4.74 Å². The summed E-state index contributed by atoms with van der Waals surface area (Å²) in [4.78, 5) is 12.2. The summed E-state index contributed by atoms with van der Waals surface area (Å²) >= 11 is 0. The lowest BCUT2D eigenvalue weighted by Crippen LogP contribution is -2.14. The predicted molar refractivity (Wildman–Crippen MR) is 106 cm³/mol. The van der Waals surface area contributed by atoms with Gasteiger partial charge >= 0.3 is 0 Å². The highest BCUT2D eigenvalue weighted by Gasteiger charge is 2.06. The normalized spacial score (nSPS) is 10.4. The molecule has 3 aromatic carbocycles. The van der Waals surface area contributed by atoms with E-state index in [0.29, 0.717) is 6.42 Å². The zero-order valence-corrected chi connectivity index (χ0v) is 15.4. The van der Waals surface area contributed by atoms with Crippen LogP contribution in [0.1, 0.15) is 22.3 Å². The first-order chi connectivity index (χ1) is 12.5. The quantitative estimate of drug-likeness (QED) is 0.655. The Morgan fingerprint density at radius 2 is 1.62 bits per heavy atom. The van der Waals surface area contributed by atoms with Crippen LogP contribution in [0.4, 0.5) is 5.69 Å². The van der Waals surface area contributed by atoms with E-state index in [9.17, 15) is 4.79 Å². The molecule has 0 spiro atoms. The third-order valence-corrected chi connectivity index (χ3v) is 4.30. The van der Waals surface area contributed by atoms with E-state index in [1.54, 1.807) is 0 Å². The third-order valence-electron chi connectivity index (χ3n) is 4.30. The van der Waals surface area contributed by atoms with Crippen molar-refractivity contribution in [2.45, 2.75) is 27.2 Å². The van der Waals surface area contributed by atoms with Gasteiger partial charge in [-0.15, -0.1) is 0 Å². The van der Waals surface area contributed by atoms with Gasteiger partial charge in [-0.05, 0) is 79.4 Å². The molecule has 132 valence electrons. The number of hydrogen-bond acceptors (Lipinski definition) is 2. The zero-order valence-electron chi connectivity index (χ0n) is 15.4. The van der Waals surface area contributed by atoms with E-state index in [-0.39, 0.29) is 5.91 Å². The number of anilines is 1. The summed E-state index contributed by atoms with van der Waals surface area (Å²) in [5.41, 5.74) is 5.37. The van der Waals surface area contributed by atoms with Gasteiger partial charge in [0.1, 0.15) is 11.5 Å². The first-order valence-electron chi connectivity index (χ1n) is 8.70. The van der Waals surface area contributed by atoms with Crippen molar-refractivity contribution in [3.8, 4) is 11.5 Å². The van der Waals surface area contributed by atoms with E-state index in [1.807, 2.05) is 61.5 Å². The largest absolute Gasteiger partial charge is 0.457 e. The molecule has 3 nitrogen and oxygen atoms in total. The van der Waals surface area contributed by atoms with Crippen LogP contribution in [0.25, 0.3) is 0 Å². The van der Waals surface area contributed by atoms with Gasteiger partial charge in [0.2, 0.25) is 5.91 Å². The number of nitrogens with one attached hydrogen (secondary N) is 1. The molecule has 0 heterocycles. The van der Waals surface area contributed by atoms with Crippen LogP contribution in [-0.4, -0.2) is 5.91 Å². The summed E-state index contributed by atoms with van der Waals surface area (Å²) in [6, 6.07) is 21.4. The molecule has 0 bridgehead atoms. The molecule has 0 aliphatic heterocycles. The van der Waals surface area contributed by atoms with Gasteiger partial charge in [-0.2, -0.15) is 0 Å². The van der Waals surface area contributed by atoms with Crippen molar-refractivity contribution in [1.29, 1.82) is 0 Å². The van der Waals surface area contributed by atoms with Crippen molar-refractivity contribution in [3.05, 3.63) is 89.0 Å². The summed E-state index contributed by atoms with van der Waals surface area (Å²) in [6.45, 7) is 6.16. The average molecular weight is 345 g/mol. The number of amides is 1. The van der Waals surface area contributed by atoms with Crippen LogP contribution >= 0.6 is 0 Å². The molecule has 1 N–H and O–H groups in total. The first kappa shape index (κ1) is 17.7. The third kappa shape index (κ3) is 4.73. The minimum absolute atomic E-state index is 0.0272. The van der Waals surface area contributed by atoms with Gasteiger partial charge in [0.05, 0.1) is 6.42 Å². The van der Waals surface area contributed by atoms with E-state index in [0.717, 1.165) is 28.3 Å². The second-order valence-corrected chi connectivity index (χ2v) is 6.59. The molecule has 3 heteroatoms. The fourth-order valence-electron chi connectivity index (χ4n) is 2.73. The Morgan fingerprint density at radius 3 is 2.31 bits per heavy atom. The van der Waals surface area contributed by atoms with Gasteiger partial charge in [-0.1, -0.05) is 30.3 Å². The van der Waals surface area contributed by atoms with E-state index < -0.39 is 0 Å². The number of benzene rings is 3. The smallest absolute Gasteiger partial charge is 0.228 e. The number of hydrogen-bond donors (Lipinski definition) is 1. The fraction of sp³-hybridized carbons (Fsp3) is 0.174. The number of carbonyl (C=O) groups is 1. The summed E-state index contributed by atoms with van der Waals surface area (Å²) in [6.07, 6.45) is 0.364. The van der Waals surface area contributed by atoms with Crippen LogP contribution in [0.2, 0.25) is 0 Å². The van der Waals surface area contributed by atoms with Crippen LogP contribution in [0.3, 0.4) is 0 Å². The minimum atomic E-state index is -0.0272. The Labute approximate surface area is 154 Å². The molecule has 3 rings (SSSR count). The standard InChI is InChI=1S/C23H23NO2/c1-16-5-4-6-22(13-16)26-21-11-9-20(10-12-21)24-23(25)15-19-8-7-17(2)18(3)14-19/h4-14H,15H2,1-3H3,(H,24,25). The van der Waals surface area contributed by atoms with Crippen molar-refractivity contribution in [1.82, 2.24) is 0 Å². The summed E-state index contributed by atoms with van der Waals surface area (Å²) in [5, 5.41) is 2.93. The molecule has 0 aromatic heterocycles. The van der Waals surface area contributed by atoms with Gasteiger partial charge in [0, 0.05) is 5.69 Å². The maximum atomic E-state index is 12.2. The highest BCUT2D eigenvalue weighted by molar-refractivity contribution is 5.92. The van der Waals surface area contributed by atoms with Gasteiger partial charge in [-0.3, -0.25) is 4.79 Å². The minimum Gasteiger partial charge on any atom is -0.457 e. The first-order valence-corrected chi connectivity index (χ1v) is 8.70. The lowest BCUT2D eigenvalue weighted by molar-refractivity contribution is -0.115. The van der Waals surface area contributed by atoms with Crippen molar-refractivity contribution < 1.29 is 9.53 Å². The Morgan fingerprint density at radius 1 is 0.846 bits per heavy atom. The number of carbonyl (C=O) groups excluding carboxylic acids is 1. The van der Waals surface area contributed by atoms with Crippen LogP contribution < -0.4 is 10.1 Å². The van der Waals surface area contributed by atoms with Crippen LogP contribution in [0, 0.1) is 20.8 Å². The molecular weight excluding hydrogens is 322 g/mol. The zero-order chi connectivity index (χ0) is 18.5. The second-order valence-electron chi connectivity index (χ2n) is 6.59. The molecule has 0 atom stereocenters. The highest BCUT2D eigenvalue weighted by Crippen LogP contribution is 2.23. The monoisotopic (exact) mass is 345 g/mol. The Hall–Kier alpha value is -3.07. The molecule has 0 radical (unpaired) electrons. The fourth-order valence-corrected chi connectivity index (χ4v) is 2.73. The molecular formula is C23H23NO2. The Balaban J connectivity index is 1.59. The molecule has 0 unspecified atom stereocenters. The molecule has 0 saturated heterocycles. The van der Waals surface area contributed by atoms with Crippen molar-refractivity contribution in [2.75, 3.05) is 5.32 Å². The van der Waals surface area contributed by atoms with Crippen LogP contribution in [0.15, 0.2) is 66.7 Å². The maximum absolute atomic E-state index is 12.2. The van der Waals surface area contributed by atoms with Gasteiger partial charge < -0.3 is 10.1 Å². The lowest BCUT2D eigenvalue weighted by Gasteiger charge is -2.09. The molecule has 0 saturated carbocycles. The molecule has 3 aromatic rings. The molecule has 1 amide bonds. The number of ether oxygens (including phenoxy) is 1. The predicted octanol–water partition coefficient (Wildman–Crippen LogP) is 5.59. The summed E-state index contributed by atoms with van der Waals surface area (Å²) in [7, 11) is 0. The van der Waals surface area contributed by atoms with E-state index >= 15 is 0 Å². The topological polar surface area (TPSA) is 38.3 Å². The van der Waals surface area contributed by atoms with E-state index in [2.05, 4.69) is 31.3 Å². The summed E-state index contributed by atoms with van der Waals surface area (Å²) in [5.74, 6) is 1.51. The number of aryl methyl sites for hydroxylation is 3. The molecule has 0 aliphatic rings. The van der Waals surface area contributed by atoms with Crippen molar-refractivity contribution >= 4 is 11.6 Å². The van der Waals surface area contributed by atoms with Crippen molar-refractivity contribution in [2.24, 2.45) is 0 Å². The average Bonchev–Trinajstić information content (AvgIpc) is 2.60.